The SMILES string of the molecule is COS(=O)(=O)c1cc(C(=O)c2ccc(Sc3ccc(-c4ccc(Sc5c(F)c(F)c(-c6c(F)c(F)c(C)c(F)c6F)c(F)c5F)c(C)c4)cc3C)c(CS(=O)(=O)O)c2)ccc1SC. The van der Waals surface area contributed by atoms with Gasteiger partial charge in [0, 0.05) is 36.3 Å². The lowest BCUT2D eigenvalue weighted by molar-refractivity contribution is 0.103. The number of hydrogen-bond acceptors (Lipinski definition) is 9. The highest BCUT2D eigenvalue weighted by Gasteiger charge is 2.34. The Morgan fingerprint density at radius 3 is 1.49 bits per heavy atom. The van der Waals surface area contributed by atoms with Gasteiger partial charge in [-0.05, 0) is 103 Å². The van der Waals surface area contributed by atoms with Crippen molar-refractivity contribution in [2.75, 3.05) is 13.4 Å². The summed E-state index contributed by atoms with van der Waals surface area (Å²) in [4.78, 5) is 13.6. The molecule has 6 aromatic carbocycles. The molecule has 0 bridgehead atoms. The molecule has 330 valence electrons. The van der Waals surface area contributed by atoms with Gasteiger partial charge < -0.3 is 0 Å². The molecule has 6 rings (SSSR count). The van der Waals surface area contributed by atoms with Crippen LogP contribution in [0.25, 0.3) is 22.3 Å². The topological polar surface area (TPSA) is 115 Å². The lowest BCUT2D eigenvalue weighted by atomic mass is 9.99. The largest absolute Gasteiger partial charge is 0.297 e. The highest BCUT2D eigenvalue weighted by molar-refractivity contribution is 8.00. The van der Waals surface area contributed by atoms with Crippen molar-refractivity contribution in [3.63, 3.8) is 0 Å². The molecule has 0 spiro atoms. The first-order valence-corrected chi connectivity index (χ1v) is 23.7. The first kappa shape index (κ1) is 47.8. The van der Waals surface area contributed by atoms with Crippen LogP contribution in [0.3, 0.4) is 0 Å². The maximum Gasteiger partial charge on any atom is 0.297 e. The minimum atomic E-state index is -4.60. The summed E-state index contributed by atoms with van der Waals surface area (Å²) in [6.07, 6.45) is 1.65. The zero-order valence-electron chi connectivity index (χ0n) is 33.1. The molecular formula is C43H30F8O7S5. The molecule has 1 N–H and O–H groups in total. The minimum absolute atomic E-state index is 0.0128. The Balaban J connectivity index is 1.27. The van der Waals surface area contributed by atoms with Crippen LogP contribution in [0.4, 0.5) is 35.1 Å². The van der Waals surface area contributed by atoms with E-state index >= 15 is 17.6 Å². The van der Waals surface area contributed by atoms with Crippen molar-refractivity contribution in [3.05, 3.63) is 153 Å². The number of hydrogen-bond donors (Lipinski definition) is 1. The van der Waals surface area contributed by atoms with E-state index in [0.29, 0.717) is 43.9 Å². The van der Waals surface area contributed by atoms with Crippen LogP contribution < -0.4 is 0 Å². The molecule has 20 heteroatoms. The van der Waals surface area contributed by atoms with E-state index in [0.717, 1.165) is 36.7 Å². The number of thioether (sulfide) groups is 1. The van der Waals surface area contributed by atoms with Crippen molar-refractivity contribution < 1.29 is 65.5 Å². The first-order chi connectivity index (χ1) is 29.5. The third-order valence-corrected chi connectivity index (χ3v) is 15.1. The molecule has 0 fully saturated rings. The van der Waals surface area contributed by atoms with Gasteiger partial charge in [-0.2, -0.15) is 16.8 Å². The van der Waals surface area contributed by atoms with E-state index in [1.807, 2.05) is 0 Å². The maximum atomic E-state index is 15.3. The summed E-state index contributed by atoms with van der Waals surface area (Å²) in [5, 5.41) is 0. The Kier molecular flexibility index (Phi) is 14.0. The fourth-order valence-electron chi connectivity index (χ4n) is 6.40. The molecule has 63 heavy (non-hydrogen) atoms. The Bertz CT molecular complexity index is 3050. The monoisotopic (exact) mass is 970 g/mol. The number of benzene rings is 6. The zero-order valence-corrected chi connectivity index (χ0v) is 37.2. The predicted molar refractivity (Wildman–Crippen MR) is 223 cm³/mol. The van der Waals surface area contributed by atoms with Crippen molar-refractivity contribution in [1.82, 2.24) is 0 Å². The summed E-state index contributed by atoms with van der Waals surface area (Å²) in [6.45, 7) is 3.95. The summed E-state index contributed by atoms with van der Waals surface area (Å²) in [5.74, 6) is -18.6. The van der Waals surface area contributed by atoms with E-state index in [4.69, 9.17) is 0 Å². The molecule has 0 aromatic heterocycles. The zero-order chi connectivity index (χ0) is 46.5. The first-order valence-electron chi connectivity index (χ1n) is 17.9. The van der Waals surface area contributed by atoms with Gasteiger partial charge in [0.2, 0.25) is 0 Å². The van der Waals surface area contributed by atoms with E-state index < -0.39 is 99.9 Å². The number of carbonyl (C=O) groups is 1. The molecule has 0 aliphatic heterocycles. The summed E-state index contributed by atoms with van der Waals surface area (Å²) in [6, 6.07) is 18.0. The lowest BCUT2D eigenvalue weighted by Gasteiger charge is -2.16. The van der Waals surface area contributed by atoms with Crippen molar-refractivity contribution in [3.8, 4) is 22.3 Å². The maximum absolute atomic E-state index is 15.3. The third-order valence-electron chi connectivity index (χ3n) is 9.65. The molecule has 0 aliphatic carbocycles. The summed E-state index contributed by atoms with van der Waals surface area (Å²) in [7, 11) is -7.81. The van der Waals surface area contributed by atoms with E-state index in [9.17, 15) is 43.7 Å². The van der Waals surface area contributed by atoms with Crippen LogP contribution in [0.5, 0.6) is 0 Å². The number of halogens is 8. The molecule has 0 aliphatic rings. The van der Waals surface area contributed by atoms with E-state index in [1.165, 1.54) is 43.3 Å². The second-order valence-corrected chi connectivity index (χ2v) is 19.9. The molecule has 7 nitrogen and oxygen atoms in total. The molecular weight excluding hydrogens is 941 g/mol. The third kappa shape index (κ3) is 9.57. The standard InChI is InChI=1S/C43H30F8O7S5/c1-19-14-22(23-7-11-28(20(2)15-23)61-43-40(50)38(48)33(39(49)41(43)51)32-36(46)34(44)21(3)35(45)37(32)47)6-10-27(19)60-29-12-8-24(16-26(29)18-62(53,54)55)42(52)25-9-13-30(59-5)31(17-25)63(56,57)58-4/h6-17H,18H2,1-5H3,(H,53,54,55). The lowest BCUT2D eigenvalue weighted by Crippen LogP contribution is -2.09. The molecule has 0 atom stereocenters. The van der Waals surface area contributed by atoms with Gasteiger partial charge in [0.1, 0.15) is 10.6 Å². The van der Waals surface area contributed by atoms with Crippen LogP contribution in [0.15, 0.2) is 102 Å². The molecule has 0 radical (unpaired) electrons. The van der Waals surface area contributed by atoms with Crippen molar-refractivity contribution in [2.24, 2.45) is 0 Å². The van der Waals surface area contributed by atoms with Gasteiger partial charge in [0.15, 0.2) is 52.3 Å². The molecule has 0 amide bonds. The predicted octanol–water partition coefficient (Wildman–Crippen LogP) is 12.0. The molecule has 0 saturated heterocycles. The van der Waals surface area contributed by atoms with Crippen LogP contribution >= 0.6 is 35.3 Å². The number of aryl methyl sites for hydroxylation is 2. The highest BCUT2D eigenvalue weighted by Crippen LogP contribution is 2.44. The van der Waals surface area contributed by atoms with E-state index in [1.54, 1.807) is 43.5 Å². The van der Waals surface area contributed by atoms with Crippen molar-refractivity contribution in [1.29, 1.82) is 0 Å². The smallest absolute Gasteiger partial charge is 0.289 e. The molecule has 6 aromatic rings. The fraction of sp³-hybridized carbons (Fsp3) is 0.140. The number of ketones is 1. The second kappa shape index (κ2) is 18.4. The van der Waals surface area contributed by atoms with Crippen LogP contribution in [-0.2, 0) is 30.2 Å². The van der Waals surface area contributed by atoms with Gasteiger partial charge in [-0.3, -0.25) is 13.5 Å². The quantitative estimate of drug-likeness (QED) is 0.0300. The summed E-state index contributed by atoms with van der Waals surface area (Å²) < 4.78 is 182. The van der Waals surface area contributed by atoms with Gasteiger partial charge in [-0.25, -0.2) is 35.1 Å². The number of carbonyl (C=O) groups excluding carboxylic acids is 1. The second-order valence-electron chi connectivity index (χ2n) is 13.7. The van der Waals surface area contributed by atoms with Crippen LogP contribution in [-0.4, -0.2) is 40.5 Å². The van der Waals surface area contributed by atoms with Crippen LogP contribution in [0.2, 0.25) is 0 Å². The van der Waals surface area contributed by atoms with Gasteiger partial charge in [0.05, 0.1) is 23.1 Å². The van der Waals surface area contributed by atoms with Gasteiger partial charge >= 0.3 is 0 Å². The Morgan fingerprint density at radius 2 is 1.03 bits per heavy atom. The highest BCUT2D eigenvalue weighted by atomic mass is 32.2. The molecule has 0 saturated carbocycles. The average molecular weight is 971 g/mol. The normalized spacial score (nSPS) is 12.0. The van der Waals surface area contributed by atoms with Crippen LogP contribution in [0.1, 0.15) is 38.2 Å². The minimum Gasteiger partial charge on any atom is -0.289 e. The molecule has 0 unspecified atom stereocenters. The average Bonchev–Trinajstić information content (AvgIpc) is 3.24. The van der Waals surface area contributed by atoms with Crippen molar-refractivity contribution in [2.45, 2.75) is 55.9 Å². The van der Waals surface area contributed by atoms with Gasteiger partial charge in [-0.15, -0.1) is 11.8 Å². The Morgan fingerprint density at radius 1 is 0.587 bits per heavy atom. The van der Waals surface area contributed by atoms with Gasteiger partial charge in [0.25, 0.3) is 20.2 Å². The Hall–Kier alpha value is -4.70. The summed E-state index contributed by atoms with van der Waals surface area (Å²) in [5.41, 5.74) is -2.70. The van der Waals surface area contributed by atoms with E-state index in [-0.39, 0.29) is 38.2 Å². The van der Waals surface area contributed by atoms with Crippen LogP contribution in [0, 0.1) is 67.3 Å². The Labute approximate surface area is 369 Å². The number of rotatable bonds is 13. The van der Waals surface area contributed by atoms with E-state index in [2.05, 4.69) is 4.18 Å². The fourth-order valence-corrected chi connectivity index (χ4v) is 10.8. The van der Waals surface area contributed by atoms with Crippen molar-refractivity contribution >= 4 is 61.3 Å². The summed E-state index contributed by atoms with van der Waals surface area (Å²) >= 11 is 2.51. The molecule has 0 heterocycles. The van der Waals surface area contributed by atoms with Gasteiger partial charge in [-0.1, -0.05) is 47.8 Å².